The van der Waals surface area contributed by atoms with Gasteiger partial charge in [-0.1, -0.05) is 0 Å². The monoisotopic (exact) mass is 535 g/mol. The van der Waals surface area contributed by atoms with E-state index in [-0.39, 0.29) is 10.7 Å². The van der Waals surface area contributed by atoms with Gasteiger partial charge in [0, 0.05) is 24.8 Å². The molecule has 38 heavy (non-hydrogen) atoms. The number of anilines is 1. The Morgan fingerprint density at radius 1 is 1.11 bits per heavy atom. The molecule has 5 rings (SSSR count). The van der Waals surface area contributed by atoms with Crippen molar-refractivity contribution in [1.29, 1.82) is 0 Å². The van der Waals surface area contributed by atoms with E-state index in [2.05, 4.69) is 25.5 Å². The van der Waals surface area contributed by atoms with Crippen molar-refractivity contribution in [2.45, 2.75) is 31.3 Å². The minimum atomic E-state index is -3.53. The van der Waals surface area contributed by atoms with Crippen LogP contribution in [0.25, 0.3) is 33.5 Å². The molecule has 12 nitrogen and oxygen atoms in total. The molecule has 1 N–H and O–H groups in total. The summed E-state index contributed by atoms with van der Waals surface area (Å²) in [5.41, 5.74) is 1.99. The van der Waals surface area contributed by atoms with Crippen molar-refractivity contribution >= 4 is 38.3 Å². The lowest BCUT2D eigenvalue weighted by atomic mass is 10.2. The van der Waals surface area contributed by atoms with E-state index in [1.165, 1.54) is 23.9 Å². The minimum Gasteiger partial charge on any atom is -0.494 e. The third-order valence-corrected chi connectivity index (χ3v) is 6.66. The number of carbonyl (C=O) groups excluding carboxylic acids is 1. The molecule has 4 heterocycles. The highest BCUT2D eigenvalue weighted by molar-refractivity contribution is 7.90. The fourth-order valence-corrected chi connectivity index (χ4v) is 4.55. The molecule has 0 atom stereocenters. The van der Waals surface area contributed by atoms with Crippen molar-refractivity contribution in [3.05, 3.63) is 55.1 Å². The third kappa shape index (κ3) is 4.75. The van der Waals surface area contributed by atoms with E-state index in [1.807, 2.05) is 0 Å². The van der Waals surface area contributed by atoms with Gasteiger partial charge in [0.15, 0.2) is 21.3 Å². The van der Waals surface area contributed by atoms with Crippen molar-refractivity contribution in [3.63, 3.8) is 0 Å². The Morgan fingerprint density at radius 2 is 1.89 bits per heavy atom. The molecule has 5 aromatic rings. The SMILES string of the molecule is COc1ccc(S(C)(=O)=O)cc1-n1nc(NC(=O)OC(C)(C)C)c2cnc(-c3cnn4cccnc34)cc21. The van der Waals surface area contributed by atoms with Crippen LogP contribution in [0.4, 0.5) is 10.6 Å². The van der Waals surface area contributed by atoms with Crippen LogP contribution in [0.3, 0.4) is 0 Å². The number of hydrogen-bond acceptors (Lipinski definition) is 9. The van der Waals surface area contributed by atoms with Crippen LogP contribution in [0.2, 0.25) is 0 Å². The summed E-state index contributed by atoms with van der Waals surface area (Å²) < 4.78 is 38.7. The molecule has 4 aromatic heterocycles. The number of rotatable bonds is 5. The Balaban J connectivity index is 1.74. The average Bonchev–Trinajstić information content (AvgIpc) is 3.43. The normalized spacial score (nSPS) is 12.1. The molecule has 196 valence electrons. The maximum atomic E-state index is 12.6. The van der Waals surface area contributed by atoms with Gasteiger partial charge in [0.05, 0.1) is 40.4 Å². The number of pyridine rings is 1. The summed E-state index contributed by atoms with van der Waals surface area (Å²) in [5.74, 6) is 0.555. The van der Waals surface area contributed by atoms with Crippen LogP contribution < -0.4 is 10.1 Å². The molecule has 0 aliphatic carbocycles. The molecule has 0 spiro atoms. The van der Waals surface area contributed by atoms with Gasteiger partial charge in [0.25, 0.3) is 0 Å². The summed E-state index contributed by atoms with van der Waals surface area (Å²) in [6.45, 7) is 5.26. The second-order valence-corrected chi connectivity index (χ2v) is 11.5. The van der Waals surface area contributed by atoms with Crippen molar-refractivity contribution in [2.24, 2.45) is 0 Å². The first-order chi connectivity index (χ1) is 17.9. The summed E-state index contributed by atoms with van der Waals surface area (Å²) >= 11 is 0. The molecule has 1 amide bonds. The summed E-state index contributed by atoms with van der Waals surface area (Å²) in [7, 11) is -2.06. The maximum absolute atomic E-state index is 12.6. The van der Waals surface area contributed by atoms with E-state index < -0.39 is 21.5 Å². The molecule has 0 unspecified atom stereocenters. The van der Waals surface area contributed by atoms with Crippen molar-refractivity contribution in [1.82, 2.24) is 29.4 Å². The number of benzene rings is 1. The van der Waals surface area contributed by atoms with Crippen molar-refractivity contribution in [2.75, 3.05) is 18.7 Å². The number of ether oxygens (including phenoxy) is 2. The van der Waals surface area contributed by atoms with Gasteiger partial charge in [-0.2, -0.15) is 5.10 Å². The zero-order valence-electron chi connectivity index (χ0n) is 21.3. The molecule has 0 saturated heterocycles. The number of methoxy groups -OCH3 is 1. The first-order valence-corrected chi connectivity index (χ1v) is 13.4. The van der Waals surface area contributed by atoms with Crippen LogP contribution in [0.15, 0.2) is 60.0 Å². The lowest BCUT2D eigenvalue weighted by Gasteiger charge is -2.19. The lowest BCUT2D eigenvalue weighted by molar-refractivity contribution is 0.0635. The molecule has 0 aliphatic heterocycles. The molecule has 0 saturated carbocycles. The number of nitrogens with zero attached hydrogens (tertiary/aromatic N) is 6. The molecule has 0 fully saturated rings. The van der Waals surface area contributed by atoms with Gasteiger partial charge in [-0.05, 0) is 51.1 Å². The second-order valence-electron chi connectivity index (χ2n) is 9.53. The minimum absolute atomic E-state index is 0.0831. The molecule has 1 aromatic carbocycles. The average molecular weight is 536 g/mol. The number of carbonyl (C=O) groups is 1. The van der Waals surface area contributed by atoms with E-state index in [4.69, 9.17) is 9.47 Å². The van der Waals surface area contributed by atoms with Gasteiger partial charge in [-0.3, -0.25) is 10.3 Å². The largest absolute Gasteiger partial charge is 0.494 e. The predicted molar refractivity (Wildman–Crippen MR) is 140 cm³/mol. The molecule has 13 heteroatoms. The van der Waals surface area contributed by atoms with Gasteiger partial charge in [0.1, 0.15) is 17.0 Å². The van der Waals surface area contributed by atoms with E-state index in [0.717, 1.165) is 6.26 Å². The quantitative estimate of drug-likeness (QED) is 0.354. The van der Waals surface area contributed by atoms with Crippen LogP contribution in [-0.4, -0.2) is 62.8 Å². The molecule has 0 radical (unpaired) electrons. The summed E-state index contributed by atoms with van der Waals surface area (Å²) in [6.07, 6.45) is 7.08. The molecule has 0 aliphatic rings. The zero-order valence-corrected chi connectivity index (χ0v) is 22.1. The number of hydrogen-bond donors (Lipinski definition) is 1. The highest BCUT2D eigenvalue weighted by atomic mass is 32.2. The number of sulfone groups is 1. The van der Waals surface area contributed by atoms with Crippen LogP contribution >= 0.6 is 0 Å². The zero-order chi connectivity index (χ0) is 27.2. The van der Waals surface area contributed by atoms with Gasteiger partial charge < -0.3 is 9.47 Å². The van der Waals surface area contributed by atoms with E-state index >= 15 is 0 Å². The maximum Gasteiger partial charge on any atom is 0.413 e. The lowest BCUT2D eigenvalue weighted by Crippen LogP contribution is -2.27. The summed E-state index contributed by atoms with van der Waals surface area (Å²) in [6, 6.07) is 8.01. The van der Waals surface area contributed by atoms with Gasteiger partial charge in [-0.25, -0.2) is 27.4 Å². The van der Waals surface area contributed by atoms with E-state index in [1.54, 1.807) is 68.3 Å². The highest BCUT2D eigenvalue weighted by Crippen LogP contribution is 2.34. The Bertz CT molecular complexity index is 1800. The Kier molecular flexibility index (Phi) is 6.02. The Labute approximate surface area is 218 Å². The molecular formula is C25H25N7O5S. The van der Waals surface area contributed by atoms with Gasteiger partial charge in [0.2, 0.25) is 0 Å². The number of amides is 1. The van der Waals surface area contributed by atoms with Crippen LogP contribution in [0.1, 0.15) is 20.8 Å². The van der Waals surface area contributed by atoms with Crippen molar-refractivity contribution < 1.29 is 22.7 Å². The van der Waals surface area contributed by atoms with Crippen LogP contribution in [0, 0.1) is 0 Å². The van der Waals surface area contributed by atoms with E-state index in [9.17, 15) is 13.2 Å². The fourth-order valence-electron chi connectivity index (χ4n) is 3.91. The summed E-state index contributed by atoms with van der Waals surface area (Å²) in [5, 5.41) is 12.1. The number of aromatic nitrogens is 6. The van der Waals surface area contributed by atoms with Crippen LogP contribution in [0.5, 0.6) is 5.75 Å². The topological polar surface area (TPSA) is 143 Å². The first kappa shape index (κ1) is 25.1. The number of nitrogens with one attached hydrogen (secondary N) is 1. The molecular weight excluding hydrogens is 510 g/mol. The van der Waals surface area contributed by atoms with Gasteiger partial charge >= 0.3 is 6.09 Å². The Hall–Kier alpha value is -4.52. The highest BCUT2D eigenvalue weighted by Gasteiger charge is 2.23. The fraction of sp³-hybridized carbons (Fsp3) is 0.240. The standard InChI is InChI=1S/C25H25N7O5S/c1-25(2,3)37-24(33)29-22-17-13-27-18(16-14-28-31-10-6-9-26-23(16)31)12-19(17)32(30-22)20-11-15(38(5,34)35)7-8-21(20)36-4/h6-14H,1-5H3,(H,29,30,33). The smallest absolute Gasteiger partial charge is 0.413 e. The van der Waals surface area contributed by atoms with Crippen molar-refractivity contribution in [3.8, 4) is 22.7 Å². The summed E-state index contributed by atoms with van der Waals surface area (Å²) in [4.78, 5) is 21.7. The van der Waals surface area contributed by atoms with Gasteiger partial charge in [-0.15, -0.1) is 5.10 Å². The van der Waals surface area contributed by atoms with Crippen LogP contribution in [-0.2, 0) is 14.6 Å². The number of fused-ring (bicyclic) bond motifs is 2. The Morgan fingerprint density at radius 3 is 2.61 bits per heavy atom. The third-order valence-electron chi connectivity index (χ3n) is 5.55. The predicted octanol–water partition coefficient (Wildman–Crippen LogP) is 3.89. The molecule has 0 bridgehead atoms. The first-order valence-electron chi connectivity index (χ1n) is 11.5. The van der Waals surface area contributed by atoms with E-state index in [0.29, 0.717) is 39.2 Å². The second kappa shape index (κ2) is 9.10.